The van der Waals surface area contributed by atoms with Crippen molar-refractivity contribution in [3.8, 4) is 0 Å². The van der Waals surface area contributed by atoms with E-state index in [9.17, 15) is 9.59 Å². The van der Waals surface area contributed by atoms with Crippen molar-refractivity contribution in [2.24, 2.45) is 5.92 Å². The Morgan fingerprint density at radius 2 is 2.08 bits per heavy atom. The summed E-state index contributed by atoms with van der Waals surface area (Å²) in [6.45, 7) is 5.16. The molecular formula is C18H22N4O2S. The van der Waals surface area contributed by atoms with Crippen LogP contribution in [0.5, 0.6) is 0 Å². The molecule has 1 aliphatic rings. The second-order valence-corrected chi connectivity index (χ2v) is 7.38. The molecule has 0 saturated carbocycles. The van der Waals surface area contributed by atoms with Crippen molar-refractivity contribution in [1.29, 1.82) is 0 Å². The Labute approximate surface area is 151 Å². The van der Waals surface area contributed by atoms with Crippen molar-refractivity contribution in [2.45, 2.75) is 33.1 Å². The van der Waals surface area contributed by atoms with Crippen LogP contribution in [0.15, 0.2) is 24.3 Å². The van der Waals surface area contributed by atoms with Gasteiger partial charge in [-0.3, -0.25) is 9.59 Å². The molecule has 132 valence electrons. The number of aromatic nitrogens is 2. The highest BCUT2D eigenvalue weighted by Gasteiger charge is 2.34. The van der Waals surface area contributed by atoms with Crippen molar-refractivity contribution in [1.82, 2.24) is 15.1 Å². The Morgan fingerprint density at radius 1 is 1.32 bits per heavy atom. The zero-order valence-corrected chi connectivity index (χ0v) is 15.3. The minimum Gasteiger partial charge on any atom is -0.342 e. The number of nitrogens with one attached hydrogen (secondary N) is 1. The molecule has 0 radical (unpaired) electrons. The summed E-state index contributed by atoms with van der Waals surface area (Å²) >= 11 is 1.38. The fraction of sp³-hybridized carbons (Fsp3) is 0.444. The number of hydrogen-bond donors (Lipinski definition) is 1. The van der Waals surface area contributed by atoms with Crippen LogP contribution in [0.4, 0.5) is 5.13 Å². The van der Waals surface area contributed by atoms with Gasteiger partial charge in [0.2, 0.25) is 16.9 Å². The molecule has 0 spiro atoms. The first kappa shape index (κ1) is 17.5. The normalized spacial score (nSPS) is 17.1. The molecule has 1 N–H and O–H groups in total. The number of benzene rings is 1. The maximum absolute atomic E-state index is 12.4. The van der Waals surface area contributed by atoms with Crippen molar-refractivity contribution < 1.29 is 9.59 Å². The van der Waals surface area contributed by atoms with Gasteiger partial charge in [0, 0.05) is 19.5 Å². The number of amides is 2. The predicted octanol–water partition coefficient (Wildman–Crippen LogP) is 2.44. The third-order valence-electron chi connectivity index (χ3n) is 4.38. The molecule has 1 unspecified atom stereocenters. The number of carbonyl (C=O) groups excluding carboxylic acids is 2. The number of anilines is 1. The van der Waals surface area contributed by atoms with Crippen LogP contribution >= 0.6 is 11.3 Å². The minimum absolute atomic E-state index is 0.0405. The number of hydrogen-bond acceptors (Lipinski definition) is 5. The molecular weight excluding hydrogens is 336 g/mol. The van der Waals surface area contributed by atoms with Gasteiger partial charge in [-0.2, -0.15) is 0 Å². The van der Waals surface area contributed by atoms with E-state index >= 15 is 0 Å². The van der Waals surface area contributed by atoms with E-state index in [0.29, 0.717) is 18.2 Å². The fourth-order valence-electron chi connectivity index (χ4n) is 2.84. The molecule has 2 heterocycles. The van der Waals surface area contributed by atoms with E-state index in [1.807, 2.05) is 6.92 Å². The Morgan fingerprint density at radius 3 is 2.76 bits per heavy atom. The molecule has 2 amide bonds. The molecule has 1 saturated heterocycles. The lowest BCUT2D eigenvalue weighted by molar-refractivity contribution is -0.128. The summed E-state index contributed by atoms with van der Waals surface area (Å²) in [4.78, 5) is 26.3. The summed E-state index contributed by atoms with van der Waals surface area (Å²) in [5, 5.41) is 12.1. The minimum atomic E-state index is -0.320. The van der Waals surface area contributed by atoms with Crippen molar-refractivity contribution in [3.05, 3.63) is 40.4 Å². The third-order valence-corrected chi connectivity index (χ3v) is 5.36. The Balaban J connectivity index is 1.52. The number of rotatable bonds is 6. The molecule has 2 aromatic rings. The Kier molecular flexibility index (Phi) is 5.43. The van der Waals surface area contributed by atoms with Crippen molar-refractivity contribution >= 4 is 28.3 Å². The van der Waals surface area contributed by atoms with Gasteiger partial charge in [-0.15, -0.1) is 10.2 Å². The highest BCUT2D eigenvalue weighted by Crippen LogP contribution is 2.22. The molecule has 3 rings (SSSR count). The van der Waals surface area contributed by atoms with Crippen LogP contribution in [0.3, 0.4) is 0 Å². The largest absolute Gasteiger partial charge is 0.342 e. The summed E-state index contributed by atoms with van der Waals surface area (Å²) < 4.78 is 0. The number of carbonyl (C=O) groups is 2. The SMILES string of the molecule is CCc1nnc(NC(=O)C2CC(=O)N(CCc3ccc(C)cc3)C2)s1. The molecule has 1 fully saturated rings. The lowest BCUT2D eigenvalue weighted by Gasteiger charge is -2.16. The van der Waals surface area contributed by atoms with Gasteiger partial charge < -0.3 is 10.2 Å². The maximum Gasteiger partial charge on any atom is 0.231 e. The molecule has 0 bridgehead atoms. The first-order chi connectivity index (χ1) is 12.0. The van der Waals surface area contributed by atoms with E-state index in [0.717, 1.165) is 17.8 Å². The van der Waals surface area contributed by atoms with Gasteiger partial charge in [0.1, 0.15) is 5.01 Å². The molecule has 6 nitrogen and oxygen atoms in total. The summed E-state index contributed by atoms with van der Waals surface area (Å²) in [5.41, 5.74) is 2.42. The second kappa shape index (κ2) is 7.74. The zero-order chi connectivity index (χ0) is 17.8. The van der Waals surface area contributed by atoms with Gasteiger partial charge in [0.15, 0.2) is 0 Å². The van der Waals surface area contributed by atoms with Gasteiger partial charge in [0.25, 0.3) is 0 Å². The van der Waals surface area contributed by atoms with Crippen LogP contribution in [-0.2, 0) is 22.4 Å². The number of aryl methyl sites for hydroxylation is 2. The lowest BCUT2D eigenvalue weighted by Crippen LogP contribution is -2.30. The average Bonchev–Trinajstić information content (AvgIpc) is 3.21. The Hall–Kier alpha value is -2.28. The number of likely N-dealkylation sites (tertiary alicyclic amines) is 1. The lowest BCUT2D eigenvalue weighted by atomic mass is 10.1. The summed E-state index contributed by atoms with van der Waals surface area (Å²) in [5.74, 6) is -0.428. The standard InChI is InChI=1S/C18H22N4O2S/c1-3-15-20-21-18(25-15)19-17(24)14-10-16(23)22(11-14)9-8-13-6-4-12(2)5-7-13/h4-7,14H,3,8-11H2,1-2H3,(H,19,21,24). The van der Waals surface area contributed by atoms with E-state index in [2.05, 4.69) is 46.7 Å². The molecule has 1 aromatic carbocycles. The summed E-state index contributed by atoms with van der Waals surface area (Å²) in [7, 11) is 0. The monoisotopic (exact) mass is 358 g/mol. The van der Waals surface area contributed by atoms with Gasteiger partial charge in [-0.05, 0) is 25.3 Å². The van der Waals surface area contributed by atoms with Gasteiger partial charge in [-0.1, -0.05) is 48.1 Å². The summed E-state index contributed by atoms with van der Waals surface area (Å²) in [6, 6.07) is 8.32. The third kappa shape index (κ3) is 4.42. The first-order valence-corrected chi connectivity index (χ1v) is 9.33. The van der Waals surface area contributed by atoms with Crippen LogP contribution in [0.1, 0.15) is 29.5 Å². The smallest absolute Gasteiger partial charge is 0.231 e. The fourth-order valence-corrected chi connectivity index (χ4v) is 3.52. The van der Waals surface area contributed by atoms with Gasteiger partial charge in [-0.25, -0.2) is 0 Å². The molecule has 1 aromatic heterocycles. The van der Waals surface area contributed by atoms with Crippen LogP contribution in [0.25, 0.3) is 0 Å². The number of nitrogens with zero attached hydrogens (tertiary/aromatic N) is 3. The maximum atomic E-state index is 12.4. The van der Waals surface area contributed by atoms with Crippen LogP contribution in [-0.4, -0.2) is 40.0 Å². The highest BCUT2D eigenvalue weighted by atomic mass is 32.1. The van der Waals surface area contributed by atoms with E-state index < -0.39 is 0 Å². The van der Waals surface area contributed by atoms with Gasteiger partial charge in [0.05, 0.1) is 5.92 Å². The van der Waals surface area contributed by atoms with Gasteiger partial charge >= 0.3 is 0 Å². The molecule has 0 aliphatic carbocycles. The molecule has 25 heavy (non-hydrogen) atoms. The quantitative estimate of drug-likeness (QED) is 0.861. The predicted molar refractivity (Wildman–Crippen MR) is 97.5 cm³/mol. The van der Waals surface area contributed by atoms with Crippen LogP contribution in [0, 0.1) is 12.8 Å². The van der Waals surface area contributed by atoms with E-state index in [-0.39, 0.29) is 24.2 Å². The molecule has 7 heteroatoms. The van der Waals surface area contributed by atoms with E-state index in [4.69, 9.17) is 0 Å². The summed E-state index contributed by atoms with van der Waals surface area (Å²) in [6.07, 6.45) is 1.86. The topological polar surface area (TPSA) is 75.2 Å². The van der Waals surface area contributed by atoms with Crippen molar-refractivity contribution in [2.75, 3.05) is 18.4 Å². The van der Waals surface area contributed by atoms with E-state index in [1.54, 1.807) is 4.90 Å². The van der Waals surface area contributed by atoms with Crippen molar-refractivity contribution in [3.63, 3.8) is 0 Å². The highest BCUT2D eigenvalue weighted by molar-refractivity contribution is 7.15. The average molecular weight is 358 g/mol. The molecule has 1 atom stereocenters. The Bertz CT molecular complexity index is 757. The first-order valence-electron chi connectivity index (χ1n) is 8.51. The van der Waals surface area contributed by atoms with Crippen LogP contribution in [0.2, 0.25) is 0 Å². The van der Waals surface area contributed by atoms with Crippen LogP contribution < -0.4 is 5.32 Å². The van der Waals surface area contributed by atoms with E-state index in [1.165, 1.54) is 22.5 Å². The second-order valence-electron chi connectivity index (χ2n) is 6.32. The molecule has 1 aliphatic heterocycles. The zero-order valence-electron chi connectivity index (χ0n) is 14.5.